The average Bonchev–Trinajstić information content (AvgIpc) is 2.96. The highest BCUT2D eigenvalue weighted by molar-refractivity contribution is 5.84. The van der Waals surface area contributed by atoms with Crippen molar-refractivity contribution < 1.29 is 24.2 Å². The van der Waals surface area contributed by atoms with E-state index in [2.05, 4.69) is 59.9 Å². The minimum absolute atomic E-state index is 0.00490. The molecule has 4 fully saturated rings. The Balaban J connectivity index is 1.40. The van der Waals surface area contributed by atoms with E-state index in [9.17, 15) is 14.4 Å². The Hall–Kier alpha value is -1.85. The van der Waals surface area contributed by atoms with Gasteiger partial charge in [0.1, 0.15) is 6.10 Å². The molecule has 5 rings (SSSR count). The van der Waals surface area contributed by atoms with E-state index in [1.165, 1.54) is 12.8 Å². The smallest absolute Gasteiger partial charge is 0.306 e. The van der Waals surface area contributed by atoms with E-state index in [0.29, 0.717) is 31.2 Å². The number of carbonyl (C=O) groups is 3. The average molecular weight is 640 g/mol. The number of amides is 1. The molecule has 5 aliphatic rings. The van der Waals surface area contributed by atoms with Crippen molar-refractivity contribution in [2.24, 2.45) is 50.2 Å². The number of nitrogens with one attached hydrogen (secondary N) is 1. The van der Waals surface area contributed by atoms with Crippen molar-refractivity contribution in [2.45, 2.75) is 164 Å². The van der Waals surface area contributed by atoms with Gasteiger partial charge in [0.25, 0.3) is 0 Å². The lowest BCUT2D eigenvalue weighted by Gasteiger charge is -2.71. The number of carboxylic acid groups (broad SMARTS) is 1. The zero-order valence-electron chi connectivity index (χ0n) is 30.5. The van der Waals surface area contributed by atoms with Gasteiger partial charge in [-0.15, -0.1) is 0 Å². The number of aliphatic carboxylic acids is 1. The van der Waals surface area contributed by atoms with Crippen molar-refractivity contribution in [1.82, 2.24) is 5.32 Å². The molecule has 3 unspecified atom stereocenters. The Kier molecular flexibility index (Phi) is 9.68. The third kappa shape index (κ3) is 5.78. The van der Waals surface area contributed by atoms with Crippen molar-refractivity contribution in [3.05, 3.63) is 11.6 Å². The maximum absolute atomic E-state index is 14.2. The fraction of sp³-hybridized carbons (Fsp3) is 0.875. The quantitative estimate of drug-likeness (QED) is 0.141. The minimum Gasteiger partial charge on any atom is -0.481 e. The standard InChI is InChI=1S/C40H65NO5/c1-9-13-33(44)46-31-18-19-37(6)29(36(31,4)5)17-20-39(8)30(37)16-15-27-28-26-35(2,3)21-23-40(28,24-22-38(27,39)7)34(45)41-25-12-10-11-14-32(42)43/h15,28-31H,9-14,16-26H2,1-8H3,(H,41,45)(H,42,43)/t28?,29?,30?,31-,37-,38+,39+,40-/m0/s1. The van der Waals surface area contributed by atoms with E-state index in [1.54, 1.807) is 5.57 Å². The Morgan fingerprint density at radius 1 is 0.870 bits per heavy atom. The molecule has 260 valence electrons. The largest absolute Gasteiger partial charge is 0.481 e. The highest BCUT2D eigenvalue weighted by Gasteiger charge is 2.69. The molecule has 0 aromatic rings. The van der Waals surface area contributed by atoms with Gasteiger partial charge in [0.2, 0.25) is 5.91 Å². The van der Waals surface area contributed by atoms with Crippen LogP contribution in [0.3, 0.4) is 0 Å². The van der Waals surface area contributed by atoms with Crippen molar-refractivity contribution in [1.29, 1.82) is 0 Å². The molecule has 0 aliphatic heterocycles. The van der Waals surface area contributed by atoms with Crippen molar-refractivity contribution in [3.63, 3.8) is 0 Å². The van der Waals surface area contributed by atoms with Gasteiger partial charge in [0, 0.05) is 24.8 Å². The van der Waals surface area contributed by atoms with Crippen molar-refractivity contribution >= 4 is 17.8 Å². The molecule has 0 saturated heterocycles. The Morgan fingerprint density at radius 3 is 2.28 bits per heavy atom. The number of esters is 1. The van der Waals surface area contributed by atoms with Crippen LogP contribution in [-0.4, -0.2) is 35.6 Å². The zero-order chi connectivity index (χ0) is 33.8. The molecule has 1 amide bonds. The summed E-state index contributed by atoms with van der Waals surface area (Å²) in [5.41, 5.74) is 1.83. The van der Waals surface area contributed by atoms with E-state index >= 15 is 0 Å². The number of hydrogen-bond donors (Lipinski definition) is 2. The fourth-order valence-electron chi connectivity index (χ4n) is 12.2. The normalized spacial score (nSPS) is 40.7. The third-order valence-electron chi connectivity index (χ3n) is 15.1. The topological polar surface area (TPSA) is 92.7 Å². The molecule has 6 nitrogen and oxygen atoms in total. The molecular weight excluding hydrogens is 574 g/mol. The number of unbranched alkanes of at least 4 members (excludes halogenated alkanes) is 2. The molecule has 0 heterocycles. The molecule has 0 radical (unpaired) electrons. The fourth-order valence-corrected chi connectivity index (χ4v) is 12.2. The van der Waals surface area contributed by atoms with Gasteiger partial charge in [0.15, 0.2) is 0 Å². The highest BCUT2D eigenvalue weighted by atomic mass is 16.5. The first-order valence-electron chi connectivity index (χ1n) is 18.9. The molecule has 0 aromatic heterocycles. The molecule has 2 N–H and O–H groups in total. The summed E-state index contributed by atoms with van der Waals surface area (Å²) in [6.45, 7) is 20.0. The number of hydrogen-bond acceptors (Lipinski definition) is 4. The van der Waals surface area contributed by atoms with Crippen LogP contribution in [0.2, 0.25) is 0 Å². The van der Waals surface area contributed by atoms with E-state index < -0.39 is 5.97 Å². The molecule has 0 spiro atoms. The summed E-state index contributed by atoms with van der Waals surface area (Å²) in [4.78, 5) is 37.7. The van der Waals surface area contributed by atoms with Crippen LogP contribution >= 0.6 is 0 Å². The van der Waals surface area contributed by atoms with Crippen LogP contribution in [0.15, 0.2) is 11.6 Å². The van der Waals surface area contributed by atoms with Gasteiger partial charge in [0.05, 0.1) is 5.41 Å². The minimum atomic E-state index is -0.746. The van der Waals surface area contributed by atoms with Crippen LogP contribution in [0.5, 0.6) is 0 Å². The number of fused-ring (bicyclic) bond motifs is 7. The summed E-state index contributed by atoms with van der Waals surface area (Å²) in [6, 6.07) is 0. The molecule has 6 heteroatoms. The van der Waals surface area contributed by atoms with Crippen LogP contribution in [0.1, 0.15) is 158 Å². The summed E-state index contributed by atoms with van der Waals surface area (Å²) in [5, 5.41) is 12.3. The molecule has 4 saturated carbocycles. The molecule has 8 atom stereocenters. The second-order valence-electron chi connectivity index (χ2n) is 18.4. The second-order valence-corrected chi connectivity index (χ2v) is 18.4. The van der Waals surface area contributed by atoms with E-state index in [0.717, 1.165) is 70.6 Å². The summed E-state index contributed by atoms with van der Waals surface area (Å²) in [6.07, 6.45) is 17.1. The first-order chi connectivity index (χ1) is 21.5. The predicted molar refractivity (Wildman–Crippen MR) is 183 cm³/mol. The summed E-state index contributed by atoms with van der Waals surface area (Å²) >= 11 is 0. The maximum atomic E-state index is 14.2. The zero-order valence-corrected chi connectivity index (χ0v) is 30.5. The van der Waals surface area contributed by atoms with E-state index in [1.807, 2.05) is 6.92 Å². The van der Waals surface area contributed by atoms with Gasteiger partial charge in [-0.2, -0.15) is 0 Å². The summed E-state index contributed by atoms with van der Waals surface area (Å²) in [5.74, 6) is 0.825. The lowest BCUT2D eigenvalue weighted by Crippen LogP contribution is -2.65. The first-order valence-corrected chi connectivity index (χ1v) is 18.9. The van der Waals surface area contributed by atoms with E-state index in [-0.39, 0.29) is 62.8 Å². The van der Waals surface area contributed by atoms with Gasteiger partial charge < -0.3 is 15.2 Å². The SMILES string of the molecule is CCCC(=O)O[C@H]1CC[C@@]2(C)C(CC[C@]3(C)C2CC=C2C4CC(C)(C)CC[C@]4(C(=O)NCCCCCC(=O)O)CC[C@]23C)C1(C)C. The molecule has 5 aliphatic carbocycles. The number of rotatable bonds is 10. The molecule has 0 aromatic carbocycles. The lowest BCUT2D eigenvalue weighted by atomic mass is 9.33. The van der Waals surface area contributed by atoms with Crippen molar-refractivity contribution in [2.75, 3.05) is 6.54 Å². The van der Waals surface area contributed by atoms with Gasteiger partial charge in [-0.3, -0.25) is 14.4 Å². The van der Waals surface area contributed by atoms with Crippen LogP contribution < -0.4 is 5.32 Å². The van der Waals surface area contributed by atoms with Gasteiger partial charge in [-0.25, -0.2) is 0 Å². The summed E-state index contributed by atoms with van der Waals surface area (Å²) in [7, 11) is 0. The number of carboxylic acids is 1. The number of carbonyl (C=O) groups excluding carboxylic acids is 2. The Morgan fingerprint density at radius 2 is 1.59 bits per heavy atom. The maximum Gasteiger partial charge on any atom is 0.306 e. The third-order valence-corrected chi connectivity index (χ3v) is 15.1. The number of allylic oxidation sites excluding steroid dienone is 2. The van der Waals surface area contributed by atoms with Crippen LogP contribution in [0, 0.1) is 50.2 Å². The number of ether oxygens (including phenoxy) is 1. The molecule has 46 heavy (non-hydrogen) atoms. The first kappa shape index (κ1) is 35.5. The Bertz CT molecular complexity index is 1220. The van der Waals surface area contributed by atoms with Gasteiger partial charge in [-0.1, -0.05) is 73.5 Å². The predicted octanol–water partition coefficient (Wildman–Crippen LogP) is 9.26. The van der Waals surface area contributed by atoms with Crippen LogP contribution in [-0.2, 0) is 19.1 Å². The monoisotopic (exact) mass is 639 g/mol. The van der Waals surface area contributed by atoms with Crippen LogP contribution in [0.4, 0.5) is 0 Å². The highest BCUT2D eigenvalue weighted by Crippen LogP contribution is 2.75. The Labute approximate surface area is 279 Å². The summed E-state index contributed by atoms with van der Waals surface area (Å²) < 4.78 is 6.16. The lowest BCUT2D eigenvalue weighted by molar-refractivity contribution is -0.213. The van der Waals surface area contributed by atoms with Crippen LogP contribution in [0.25, 0.3) is 0 Å². The van der Waals surface area contributed by atoms with Crippen molar-refractivity contribution in [3.8, 4) is 0 Å². The second kappa shape index (κ2) is 12.6. The molecular formula is C40H65NO5. The van der Waals surface area contributed by atoms with E-state index in [4.69, 9.17) is 9.84 Å². The van der Waals surface area contributed by atoms with Gasteiger partial charge in [-0.05, 0) is 123 Å². The molecule has 0 bridgehead atoms. The van der Waals surface area contributed by atoms with Gasteiger partial charge >= 0.3 is 11.9 Å².